The van der Waals surface area contributed by atoms with Gasteiger partial charge in [-0.25, -0.2) is 0 Å². The second-order valence-corrected chi connectivity index (χ2v) is 4.48. The molecule has 0 saturated heterocycles. The van der Waals surface area contributed by atoms with E-state index < -0.39 is 0 Å². The summed E-state index contributed by atoms with van der Waals surface area (Å²) in [4.78, 5) is 12.7. The second kappa shape index (κ2) is 6.82. The van der Waals surface area contributed by atoms with Gasteiger partial charge in [0.2, 0.25) is 5.91 Å². The predicted octanol–water partition coefficient (Wildman–Crippen LogP) is 1.77. The maximum atomic E-state index is 11.5. The molecule has 1 amide bonds. The molecule has 0 fully saturated rings. The summed E-state index contributed by atoms with van der Waals surface area (Å²) >= 11 is 1.64. The molecule has 5 heteroatoms. The van der Waals surface area contributed by atoms with Gasteiger partial charge < -0.3 is 11.1 Å². The van der Waals surface area contributed by atoms with Gasteiger partial charge in [-0.3, -0.25) is 4.79 Å². The molecule has 1 aromatic heterocycles. The van der Waals surface area contributed by atoms with E-state index in [4.69, 9.17) is 5.73 Å². The van der Waals surface area contributed by atoms with Crippen LogP contribution in [0.1, 0.15) is 18.7 Å². The monoisotopic (exact) mass is 248 g/mol. The van der Waals surface area contributed by atoms with E-state index in [2.05, 4.69) is 5.32 Å². The van der Waals surface area contributed by atoms with Crippen molar-refractivity contribution in [2.24, 2.45) is 11.7 Å². The Bertz CT molecular complexity index is 288. The Hall–Kier alpha value is -0.580. The van der Waals surface area contributed by atoms with Gasteiger partial charge in [-0.15, -0.1) is 23.7 Å². The van der Waals surface area contributed by atoms with Gasteiger partial charge in [-0.05, 0) is 18.4 Å². The van der Waals surface area contributed by atoms with E-state index in [9.17, 15) is 4.79 Å². The third kappa shape index (κ3) is 4.64. The molecule has 86 valence electrons. The highest BCUT2D eigenvalue weighted by molar-refractivity contribution is 7.09. The van der Waals surface area contributed by atoms with Crippen LogP contribution in [0.5, 0.6) is 0 Å². The van der Waals surface area contributed by atoms with Crippen LogP contribution in [0.4, 0.5) is 0 Å². The molecule has 0 aliphatic heterocycles. The molecule has 0 aromatic carbocycles. The maximum absolute atomic E-state index is 11.5. The van der Waals surface area contributed by atoms with Gasteiger partial charge in [0.1, 0.15) is 0 Å². The quantitative estimate of drug-likeness (QED) is 0.853. The first-order valence-corrected chi connectivity index (χ1v) is 5.55. The van der Waals surface area contributed by atoms with Crippen LogP contribution in [0.2, 0.25) is 0 Å². The normalized spacial score (nSPS) is 13.8. The summed E-state index contributed by atoms with van der Waals surface area (Å²) in [5.41, 5.74) is 5.63. The second-order valence-electron chi connectivity index (χ2n) is 3.44. The van der Waals surface area contributed by atoms with Crippen molar-refractivity contribution < 1.29 is 4.79 Å². The zero-order valence-electron chi connectivity index (χ0n) is 8.90. The highest BCUT2D eigenvalue weighted by atomic mass is 35.5. The minimum absolute atomic E-state index is 0. The number of carbonyl (C=O) groups is 1. The Kier molecular flexibility index (Phi) is 6.56. The highest BCUT2D eigenvalue weighted by Gasteiger charge is 2.16. The molecule has 1 aromatic rings. The van der Waals surface area contributed by atoms with E-state index in [1.54, 1.807) is 11.3 Å². The topological polar surface area (TPSA) is 55.1 Å². The van der Waals surface area contributed by atoms with E-state index in [0.29, 0.717) is 6.54 Å². The van der Waals surface area contributed by atoms with Crippen molar-refractivity contribution in [2.75, 3.05) is 0 Å². The fourth-order valence-corrected chi connectivity index (χ4v) is 1.63. The Morgan fingerprint density at radius 2 is 2.27 bits per heavy atom. The SMILES string of the molecule is CC(N)C(C)C(=O)NCc1cccs1.Cl. The summed E-state index contributed by atoms with van der Waals surface area (Å²) in [5.74, 6) is -0.108. The van der Waals surface area contributed by atoms with Crippen molar-refractivity contribution in [3.63, 3.8) is 0 Å². The van der Waals surface area contributed by atoms with Gasteiger partial charge in [-0.1, -0.05) is 13.0 Å². The fraction of sp³-hybridized carbons (Fsp3) is 0.500. The molecule has 3 N–H and O–H groups in total. The summed E-state index contributed by atoms with van der Waals surface area (Å²) in [5, 5.41) is 4.85. The van der Waals surface area contributed by atoms with Crippen molar-refractivity contribution in [3.8, 4) is 0 Å². The van der Waals surface area contributed by atoms with Crippen LogP contribution >= 0.6 is 23.7 Å². The first-order chi connectivity index (χ1) is 6.61. The van der Waals surface area contributed by atoms with Crippen LogP contribution in [0.25, 0.3) is 0 Å². The number of halogens is 1. The number of rotatable bonds is 4. The van der Waals surface area contributed by atoms with Crippen LogP contribution < -0.4 is 11.1 Å². The van der Waals surface area contributed by atoms with Crippen molar-refractivity contribution >= 4 is 29.7 Å². The molecule has 2 unspecified atom stereocenters. The Balaban J connectivity index is 0.00000196. The number of carbonyl (C=O) groups excluding carboxylic acids is 1. The molecule has 0 bridgehead atoms. The molecular formula is C10H17ClN2OS. The third-order valence-corrected chi connectivity index (χ3v) is 3.10. The maximum Gasteiger partial charge on any atom is 0.224 e. The zero-order valence-corrected chi connectivity index (χ0v) is 10.5. The largest absolute Gasteiger partial charge is 0.351 e. The van der Waals surface area contributed by atoms with E-state index >= 15 is 0 Å². The minimum Gasteiger partial charge on any atom is -0.351 e. The lowest BCUT2D eigenvalue weighted by molar-refractivity contribution is -0.125. The molecule has 0 aliphatic rings. The highest BCUT2D eigenvalue weighted by Crippen LogP contribution is 2.08. The molecule has 0 spiro atoms. The zero-order chi connectivity index (χ0) is 10.6. The van der Waals surface area contributed by atoms with Crippen LogP contribution in [0.15, 0.2) is 17.5 Å². The summed E-state index contributed by atoms with van der Waals surface area (Å²) in [6, 6.07) is 3.88. The van der Waals surface area contributed by atoms with E-state index in [1.165, 1.54) is 0 Å². The molecule has 0 radical (unpaired) electrons. The van der Waals surface area contributed by atoms with Crippen LogP contribution in [-0.2, 0) is 11.3 Å². The Morgan fingerprint density at radius 3 is 2.73 bits per heavy atom. The van der Waals surface area contributed by atoms with Crippen molar-refractivity contribution in [1.82, 2.24) is 5.32 Å². The molecule has 1 heterocycles. The fourth-order valence-electron chi connectivity index (χ4n) is 0.987. The van der Waals surface area contributed by atoms with E-state index in [1.807, 2.05) is 31.4 Å². The molecule has 0 saturated carbocycles. The molecule has 0 aliphatic carbocycles. The summed E-state index contributed by atoms with van der Waals surface area (Å²) in [7, 11) is 0. The standard InChI is InChI=1S/C10H16N2OS.ClH/c1-7(8(2)11)10(13)12-6-9-4-3-5-14-9;/h3-5,7-8H,6,11H2,1-2H3,(H,12,13);1H. The molecule has 15 heavy (non-hydrogen) atoms. The summed E-state index contributed by atoms with van der Waals surface area (Å²) < 4.78 is 0. The molecule has 1 rings (SSSR count). The van der Waals surface area contributed by atoms with E-state index in [-0.39, 0.29) is 30.3 Å². The van der Waals surface area contributed by atoms with Gasteiger partial charge in [0.15, 0.2) is 0 Å². The first-order valence-electron chi connectivity index (χ1n) is 4.67. The number of thiophene rings is 1. The Morgan fingerprint density at radius 1 is 1.60 bits per heavy atom. The summed E-state index contributed by atoms with van der Waals surface area (Å²) in [6.45, 7) is 4.29. The van der Waals surface area contributed by atoms with Crippen molar-refractivity contribution in [1.29, 1.82) is 0 Å². The lowest BCUT2D eigenvalue weighted by Gasteiger charge is -2.14. The number of hydrogen-bond acceptors (Lipinski definition) is 3. The molecule has 3 nitrogen and oxygen atoms in total. The van der Waals surface area contributed by atoms with E-state index in [0.717, 1.165) is 4.88 Å². The van der Waals surface area contributed by atoms with Crippen molar-refractivity contribution in [2.45, 2.75) is 26.4 Å². The number of nitrogens with two attached hydrogens (primary N) is 1. The smallest absolute Gasteiger partial charge is 0.224 e. The Labute approximate surface area is 100 Å². The number of amides is 1. The predicted molar refractivity (Wildman–Crippen MR) is 66.2 cm³/mol. The third-order valence-electron chi connectivity index (χ3n) is 2.22. The first kappa shape index (κ1) is 14.4. The molecule has 2 atom stereocenters. The van der Waals surface area contributed by atoms with Gasteiger partial charge >= 0.3 is 0 Å². The van der Waals surface area contributed by atoms with Gasteiger partial charge in [0, 0.05) is 16.8 Å². The minimum atomic E-state index is -0.130. The number of hydrogen-bond donors (Lipinski definition) is 2. The van der Waals surface area contributed by atoms with Gasteiger partial charge in [0.05, 0.1) is 6.54 Å². The van der Waals surface area contributed by atoms with Crippen LogP contribution in [0.3, 0.4) is 0 Å². The van der Waals surface area contributed by atoms with Gasteiger partial charge in [0.25, 0.3) is 0 Å². The lowest BCUT2D eigenvalue weighted by atomic mass is 10.0. The van der Waals surface area contributed by atoms with Crippen LogP contribution in [0, 0.1) is 5.92 Å². The average Bonchev–Trinajstić information content (AvgIpc) is 2.65. The van der Waals surface area contributed by atoms with Crippen molar-refractivity contribution in [3.05, 3.63) is 22.4 Å². The summed E-state index contributed by atoms with van der Waals surface area (Å²) in [6.07, 6.45) is 0. The van der Waals surface area contributed by atoms with Crippen LogP contribution in [-0.4, -0.2) is 11.9 Å². The van der Waals surface area contributed by atoms with Gasteiger partial charge in [-0.2, -0.15) is 0 Å². The molecular weight excluding hydrogens is 232 g/mol. The number of nitrogens with one attached hydrogen (secondary N) is 1. The average molecular weight is 249 g/mol. The lowest BCUT2D eigenvalue weighted by Crippen LogP contribution is -2.38.